The van der Waals surface area contributed by atoms with Gasteiger partial charge < -0.3 is 14.0 Å². The fraction of sp³-hybridized carbons (Fsp3) is 0.250. The highest BCUT2D eigenvalue weighted by Crippen LogP contribution is 2.32. The first-order valence-corrected chi connectivity index (χ1v) is 10.6. The van der Waals surface area contributed by atoms with E-state index in [1.54, 1.807) is 12.3 Å². The van der Waals surface area contributed by atoms with Gasteiger partial charge in [-0.05, 0) is 18.6 Å². The van der Waals surface area contributed by atoms with E-state index < -0.39 is 10.0 Å². The SMILES string of the molecule is O=S(=O)(NCCCn1ccnc1-c1ccccc1)c1ccc2c(c1)OCCO2. The summed E-state index contributed by atoms with van der Waals surface area (Å²) >= 11 is 0. The molecule has 2 aromatic carbocycles. The highest BCUT2D eigenvalue weighted by atomic mass is 32.2. The smallest absolute Gasteiger partial charge is 0.240 e. The lowest BCUT2D eigenvalue weighted by Crippen LogP contribution is -2.26. The summed E-state index contributed by atoms with van der Waals surface area (Å²) < 4.78 is 40.6. The van der Waals surface area contributed by atoms with Crippen LogP contribution in [0.3, 0.4) is 0 Å². The van der Waals surface area contributed by atoms with E-state index in [4.69, 9.17) is 9.47 Å². The molecule has 8 heteroatoms. The van der Waals surface area contributed by atoms with E-state index in [0.29, 0.717) is 44.2 Å². The molecule has 4 rings (SSSR count). The Kier molecular flexibility index (Phi) is 5.31. The van der Waals surface area contributed by atoms with Crippen molar-refractivity contribution in [1.82, 2.24) is 14.3 Å². The molecule has 1 aliphatic heterocycles. The maximum absolute atomic E-state index is 12.5. The third-order valence-electron chi connectivity index (χ3n) is 4.44. The van der Waals surface area contributed by atoms with Gasteiger partial charge in [-0.3, -0.25) is 0 Å². The summed E-state index contributed by atoms with van der Waals surface area (Å²) in [6.07, 6.45) is 4.29. The molecule has 1 aliphatic rings. The number of rotatable bonds is 7. The number of imidazole rings is 1. The summed E-state index contributed by atoms with van der Waals surface area (Å²) in [6, 6.07) is 14.6. The normalized spacial score (nSPS) is 13.4. The molecule has 28 heavy (non-hydrogen) atoms. The summed E-state index contributed by atoms with van der Waals surface area (Å²) in [6.45, 7) is 1.87. The average Bonchev–Trinajstić information content (AvgIpc) is 3.20. The van der Waals surface area contributed by atoms with Crippen LogP contribution in [0, 0.1) is 0 Å². The first-order valence-electron chi connectivity index (χ1n) is 9.09. The second-order valence-corrected chi connectivity index (χ2v) is 8.13. The number of fused-ring (bicyclic) bond motifs is 1. The van der Waals surface area contributed by atoms with Gasteiger partial charge in [0.2, 0.25) is 10.0 Å². The number of benzene rings is 2. The topological polar surface area (TPSA) is 82.5 Å². The lowest BCUT2D eigenvalue weighted by molar-refractivity contribution is 0.171. The van der Waals surface area contributed by atoms with E-state index in [-0.39, 0.29) is 4.90 Å². The number of ether oxygens (including phenoxy) is 2. The highest BCUT2D eigenvalue weighted by Gasteiger charge is 2.19. The Morgan fingerprint density at radius 3 is 2.64 bits per heavy atom. The lowest BCUT2D eigenvalue weighted by Gasteiger charge is -2.19. The molecule has 2 heterocycles. The first kappa shape index (κ1) is 18.5. The Hall–Kier alpha value is -2.84. The standard InChI is InChI=1S/C20H21N3O4S/c24-28(25,17-7-8-18-19(15-17)27-14-13-26-18)22-9-4-11-23-12-10-21-20(23)16-5-2-1-3-6-16/h1-3,5-8,10,12,15,22H,4,9,11,13-14H2. The second-order valence-electron chi connectivity index (χ2n) is 6.37. The van der Waals surface area contributed by atoms with Crippen LogP contribution in [0.1, 0.15) is 6.42 Å². The molecular weight excluding hydrogens is 378 g/mol. The van der Waals surface area contributed by atoms with Gasteiger partial charge in [-0.2, -0.15) is 0 Å². The predicted octanol–water partition coefficient (Wildman–Crippen LogP) is 2.69. The number of hydrogen-bond donors (Lipinski definition) is 1. The molecule has 1 N–H and O–H groups in total. The van der Waals surface area contributed by atoms with Gasteiger partial charge in [0.1, 0.15) is 19.0 Å². The highest BCUT2D eigenvalue weighted by molar-refractivity contribution is 7.89. The molecule has 0 radical (unpaired) electrons. The van der Waals surface area contributed by atoms with E-state index in [0.717, 1.165) is 11.4 Å². The van der Waals surface area contributed by atoms with Crippen LogP contribution in [0.4, 0.5) is 0 Å². The van der Waals surface area contributed by atoms with Crippen LogP contribution in [0.5, 0.6) is 11.5 Å². The molecule has 0 aliphatic carbocycles. The summed E-state index contributed by atoms with van der Waals surface area (Å²) in [5.41, 5.74) is 1.03. The number of hydrogen-bond acceptors (Lipinski definition) is 5. The van der Waals surface area contributed by atoms with Crippen molar-refractivity contribution >= 4 is 10.0 Å². The van der Waals surface area contributed by atoms with Crippen molar-refractivity contribution in [2.45, 2.75) is 17.9 Å². The maximum Gasteiger partial charge on any atom is 0.240 e. The van der Waals surface area contributed by atoms with Crippen molar-refractivity contribution < 1.29 is 17.9 Å². The van der Waals surface area contributed by atoms with Crippen molar-refractivity contribution in [2.24, 2.45) is 0 Å². The quantitative estimate of drug-likeness (QED) is 0.618. The molecule has 0 spiro atoms. The molecule has 0 amide bonds. The minimum Gasteiger partial charge on any atom is -0.486 e. The number of aromatic nitrogens is 2. The van der Waals surface area contributed by atoms with Crippen LogP contribution >= 0.6 is 0 Å². The predicted molar refractivity (Wildman–Crippen MR) is 105 cm³/mol. The molecule has 0 unspecified atom stereocenters. The number of sulfonamides is 1. The molecule has 0 saturated carbocycles. The number of nitrogens with one attached hydrogen (secondary N) is 1. The summed E-state index contributed by atoms with van der Waals surface area (Å²) in [7, 11) is -3.61. The third kappa shape index (κ3) is 4.02. The Labute approximate surface area is 164 Å². The molecule has 146 valence electrons. The van der Waals surface area contributed by atoms with Gasteiger partial charge in [-0.15, -0.1) is 0 Å². The Balaban J connectivity index is 1.36. The van der Waals surface area contributed by atoms with Gasteiger partial charge >= 0.3 is 0 Å². The molecule has 3 aromatic rings. The monoisotopic (exact) mass is 399 g/mol. The second kappa shape index (κ2) is 8.04. The Bertz CT molecular complexity index is 1050. The van der Waals surface area contributed by atoms with Crippen LogP contribution in [-0.4, -0.2) is 37.7 Å². The fourth-order valence-corrected chi connectivity index (χ4v) is 4.16. The summed E-state index contributed by atoms with van der Waals surface area (Å²) in [5, 5.41) is 0. The van der Waals surface area contributed by atoms with Crippen LogP contribution in [-0.2, 0) is 16.6 Å². The zero-order valence-electron chi connectivity index (χ0n) is 15.2. The zero-order valence-corrected chi connectivity index (χ0v) is 16.1. The molecule has 0 atom stereocenters. The third-order valence-corrected chi connectivity index (χ3v) is 5.90. The van der Waals surface area contributed by atoms with Crippen LogP contribution in [0.25, 0.3) is 11.4 Å². The average molecular weight is 399 g/mol. The van der Waals surface area contributed by atoms with Crippen molar-refractivity contribution in [2.75, 3.05) is 19.8 Å². The number of aryl methyl sites for hydroxylation is 1. The molecule has 0 bridgehead atoms. The van der Waals surface area contributed by atoms with Crippen molar-refractivity contribution in [3.8, 4) is 22.9 Å². The first-order chi connectivity index (χ1) is 13.6. The van der Waals surface area contributed by atoms with E-state index in [1.165, 1.54) is 12.1 Å². The van der Waals surface area contributed by atoms with E-state index in [9.17, 15) is 8.42 Å². The van der Waals surface area contributed by atoms with Crippen molar-refractivity contribution in [3.05, 3.63) is 60.9 Å². The summed E-state index contributed by atoms with van der Waals surface area (Å²) in [5.74, 6) is 1.90. The lowest BCUT2D eigenvalue weighted by atomic mass is 10.2. The van der Waals surface area contributed by atoms with E-state index in [1.807, 2.05) is 41.1 Å². The van der Waals surface area contributed by atoms with Gasteiger partial charge in [0.25, 0.3) is 0 Å². The fourth-order valence-electron chi connectivity index (χ4n) is 3.07. The minimum atomic E-state index is -3.61. The molecule has 0 saturated heterocycles. The summed E-state index contributed by atoms with van der Waals surface area (Å²) in [4.78, 5) is 4.57. The van der Waals surface area contributed by atoms with Crippen molar-refractivity contribution in [1.29, 1.82) is 0 Å². The molecular formula is C20H21N3O4S. The number of nitrogens with zero attached hydrogens (tertiary/aromatic N) is 2. The van der Waals surface area contributed by atoms with Crippen LogP contribution in [0.2, 0.25) is 0 Å². The van der Waals surface area contributed by atoms with Gasteiger partial charge in [-0.25, -0.2) is 18.1 Å². The maximum atomic E-state index is 12.5. The Morgan fingerprint density at radius 1 is 1.04 bits per heavy atom. The van der Waals surface area contributed by atoms with Gasteiger partial charge in [0.15, 0.2) is 11.5 Å². The van der Waals surface area contributed by atoms with E-state index in [2.05, 4.69) is 9.71 Å². The molecule has 7 nitrogen and oxygen atoms in total. The van der Waals surface area contributed by atoms with Gasteiger partial charge in [0, 0.05) is 37.1 Å². The molecule has 1 aromatic heterocycles. The zero-order chi connectivity index (χ0) is 19.4. The van der Waals surface area contributed by atoms with Gasteiger partial charge in [-0.1, -0.05) is 30.3 Å². The van der Waals surface area contributed by atoms with Crippen LogP contribution in [0.15, 0.2) is 65.8 Å². The largest absolute Gasteiger partial charge is 0.486 e. The van der Waals surface area contributed by atoms with E-state index >= 15 is 0 Å². The van der Waals surface area contributed by atoms with Crippen molar-refractivity contribution in [3.63, 3.8) is 0 Å². The molecule has 0 fully saturated rings. The van der Waals surface area contributed by atoms with Crippen LogP contribution < -0.4 is 14.2 Å². The Morgan fingerprint density at radius 2 is 1.82 bits per heavy atom. The minimum absolute atomic E-state index is 0.171. The van der Waals surface area contributed by atoms with Gasteiger partial charge in [0.05, 0.1) is 4.90 Å².